The normalized spacial score (nSPS) is 16.8. The molecule has 0 saturated heterocycles. The summed E-state index contributed by atoms with van der Waals surface area (Å²) >= 11 is 0. The van der Waals surface area contributed by atoms with Crippen LogP contribution in [0.25, 0.3) is 0 Å². The summed E-state index contributed by atoms with van der Waals surface area (Å²) < 4.78 is 5.01. The van der Waals surface area contributed by atoms with Gasteiger partial charge in [0.1, 0.15) is 0 Å². The molecular formula is C10H16N2O. The molecule has 0 aromatic carbocycles. The largest absolute Gasteiger partial charge is 0.367 e. The van der Waals surface area contributed by atoms with Crippen molar-refractivity contribution in [2.45, 2.75) is 39.0 Å². The molecule has 0 amide bonds. The number of rotatable bonds is 3. The van der Waals surface area contributed by atoms with E-state index in [2.05, 4.69) is 19.0 Å². The van der Waals surface area contributed by atoms with Gasteiger partial charge >= 0.3 is 0 Å². The van der Waals surface area contributed by atoms with Gasteiger partial charge in [-0.2, -0.15) is 0 Å². The van der Waals surface area contributed by atoms with E-state index in [1.54, 1.807) is 0 Å². The highest BCUT2D eigenvalue weighted by Gasteiger charge is 2.26. The number of nitrogens with two attached hydrogens (primary N) is 1. The molecule has 0 bridgehead atoms. The van der Waals surface area contributed by atoms with Gasteiger partial charge < -0.3 is 10.3 Å². The first-order valence-electron chi connectivity index (χ1n) is 4.92. The third-order valence-corrected chi connectivity index (χ3v) is 2.59. The Morgan fingerprint density at radius 3 is 2.77 bits per heavy atom. The van der Waals surface area contributed by atoms with Crippen molar-refractivity contribution in [1.82, 2.24) is 5.16 Å². The average Bonchev–Trinajstić information content (AvgIpc) is 2.76. The van der Waals surface area contributed by atoms with Crippen molar-refractivity contribution in [3.63, 3.8) is 0 Å². The zero-order chi connectivity index (χ0) is 9.42. The topological polar surface area (TPSA) is 52.0 Å². The molecule has 1 fully saturated rings. The number of nitrogen functional groups attached to an aromatic ring is 1. The Bertz CT molecular complexity index is 300. The van der Waals surface area contributed by atoms with Crippen LogP contribution < -0.4 is 5.73 Å². The number of hydrogen-bond donors (Lipinski definition) is 1. The van der Waals surface area contributed by atoms with E-state index in [4.69, 9.17) is 10.3 Å². The number of hydrogen-bond acceptors (Lipinski definition) is 3. The first-order chi connectivity index (χ1) is 6.18. The van der Waals surface area contributed by atoms with Gasteiger partial charge in [-0.1, -0.05) is 19.0 Å². The van der Waals surface area contributed by atoms with Crippen LogP contribution in [0.15, 0.2) is 4.52 Å². The molecule has 1 aromatic heterocycles. The summed E-state index contributed by atoms with van der Waals surface area (Å²) in [5.41, 5.74) is 7.91. The van der Waals surface area contributed by atoms with Crippen LogP contribution in [-0.2, 0) is 6.42 Å². The molecule has 72 valence electrons. The molecule has 0 atom stereocenters. The highest BCUT2D eigenvalue weighted by atomic mass is 16.5. The minimum absolute atomic E-state index is 0.417. The molecule has 1 aliphatic rings. The van der Waals surface area contributed by atoms with E-state index in [0.717, 1.165) is 23.6 Å². The molecule has 3 nitrogen and oxygen atoms in total. The van der Waals surface area contributed by atoms with Crippen molar-refractivity contribution in [2.75, 3.05) is 5.73 Å². The monoisotopic (exact) mass is 180 g/mol. The second-order valence-corrected chi connectivity index (χ2v) is 4.21. The van der Waals surface area contributed by atoms with E-state index >= 15 is 0 Å². The smallest absolute Gasteiger partial charge is 0.225 e. The Hall–Kier alpha value is -0.990. The molecule has 1 saturated carbocycles. The Morgan fingerprint density at radius 1 is 1.54 bits per heavy atom. The molecule has 1 aromatic rings. The van der Waals surface area contributed by atoms with Crippen LogP contribution in [0, 0.1) is 5.92 Å². The van der Waals surface area contributed by atoms with Crippen LogP contribution in [0.3, 0.4) is 0 Å². The fourth-order valence-corrected chi connectivity index (χ4v) is 1.71. The maximum atomic E-state index is 5.71. The van der Waals surface area contributed by atoms with E-state index < -0.39 is 0 Å². The summed E-state index contributed by atoms with van der Waals surface area (Å²) in [5, 5.41) is 4.02. The van der Waals surface area contributed by atoms with Crippen LogP contribution in [0.1, 0.15) is 43.9 Å². The summed E-state index contributed by atoms with van der Waals surface area (Å²) in [4.78, 5) is 0. The van der Waals surface area contributed by atoms with Crippen molar-refractivity contribution in [3.05, 3.63) is 11.3 Å². The Balaban J connectivity index is 2.22. The molecular weight excluding hydrogens is 164 g/mol. The van der Waals surface area contributed by atoms with Crippen molar-refractivity contribution >= 4 is 5.88 Å². The van der Waals surface area contributed by atoms with Gasteiger partial charge in [0.15, 0.2) is 0 Å². The second kappa shape index (κ2) is 3.05. The molecule has 0 spiro atoms. The van der Waals surface area contributed by atoms with Gasteiger partial charge in [0.05, 0.1) is 5.69 Å². The minimum atomic E-state index is 0.417. The van der Waals surface area contributed by atoms with Gasteiger partial charge in [-0.05, 0) is 31.1 Å². The predicted molar refractivity (Wildman–Crippen MR) is 51.4 cm³/mol. The predicted octanol–water partition coefficient (Wildman–Crippen LogP) is 2.33. The lowest BCUT2D eigenvalue weighted by atomic mass is 10.0. The first-order valence-corrected chi connectivity index (χ1v) is 4.92. The van der Waals surface area contributed by atoms with Gasteiger partial charge in [-0.3, -0.25) is 0 Å². The molecule has 0 unspecified atom stereocenters. The zero-order valence-corrected chi connectivity index (χ0v) is 8.21. The Morgan fingerprint density at radius 2 is 2.23 bits per heavy atom. The fourth-order valence-electron chi connectivity index (χ4n) is 1.71. The molecule has 2 N–H and O–H groups in total. The summed E-state index contributed by atoms with van der Waals surface area (Å²) in [7, 11) is 0. The van der Waals surface area contributed by atoms with E-state index in [-0.39, 0.29) is 0 Å². The van der Waals surface area contributed by atoms with E-state index in [1.807, 2.05) is 0 Å². The molecule has 13 heavy (non-hydrogen) atoms. The van der Waals surface area contributed by atoms with Gasteiger partial charge in [-0.25, -0.2) is 0 Å². The lowest BCUT2D eigenvalue weighted by molar-refractivity contribution is 0.425. The van der Waals surface area contributed by atoms with Crippen molar-refractivity contribution in [1.29, 1.82) is 0 Å². The van der Waals surface area contributed by atoms with Crippen molar-refractivity contribution in [3.8, 4) is 0 Å². The Kier molecular flexibility index (Phi) is 2.02. The van der Waals surface area contributed by atoms with E-state index in [0.29, 0.717) is 11.8 Å². The lowest BCUT2D eigenvalue weighted by Crippen LogP contribution is -1.98. The quantitative estimate of drug-likeness (QED) is 0.776. The van der Waals surface area contributed by atoms with Crippen LogP contribution in [0.2, 0.25) is 0 Å². The zero-order valence-electron chi connectivity index (χ0n) is 8.21. The van der Waals surface area contributed by atoms with Crippen LogP contribution >= 0.6 is 0 Å². The summed E-state index contributed by atoms with van der Waals surface area (Å²) in [6.07, 6.45) is 3.73. The Labute approximate surface area is 78.3 Å². The molecule has 1 heterocycles. The maximum Gasteiger partial charge on any atom is 0.225 e. The van der Waals surface area contributed by atoms with E-state index in [9.17, 15) is 0 Å². The van der Waals surface area contributed by atoms with Gasteiger partial charge in [-0.15, -0.1) is 0 Å². The van der Waals surface area contributed by atoms with Crippen LogP contribution in [0.4, 0.5) is 5.88 Å². The SMILES string of the molecule is CC(C)c1c(CC2CC2)noc1N. The lowest BCUT2D eigenvalue weighted by Gasteiger charge is -2.03. The minimum Gasteiger partial charge on any atom is -0.367 e. The highest BCUT2D eigenvalue weighted by molar-refractivity contribution is 5.41. The van der Waals surface area contributed by atoms with Crippen molar-refractivity contribution < 1.29 is 4.52 Å². The summed E-state index contributed by atoms with van der Waals surface area (Å²) in [6.45, 7) is 4.25. The third kappa shape index (κ3) is 1.69. The molecule has 1 aliphatic carbocycles. The van der Waals surface area contributed by atoms with Crippen LogP contribution in [-0.4, -0.2) is 5.16 Å². The van der Waals surface area contributed by atoms with Crippen molar-refractivity contribution in [2.24, 2.45) is 5.92 Å². The van der Waals surface area contributed by atoms with Gasteiger partial charge in [0, 0.05) is 5.56 Å². The number of aromatic nitrogens is 1. The average molecular weight is 180 g/mol. The maximum absolute atomic E-state index is 5.71. The fraction of sp³-hybridized carbons (Fsp3) is 0.700. The van der Waals surface area contributed by atoms with Gasteiger partial charge in [0.2, 0.25) is 5.88 Å². The molecule has 3 heteroatoms. The highest BCUT2D eigenvalue weighted by Crippen LogP contribution is 2.35. The standard InChI is InChI=1S/C10H16N2O/c1-6(2)9-8(5-7-3-4-7)12-13-10(9)11/h6-7H,3-5,11H2,1-2H3. The molecule has 0 aliphatic heterocycles. The second-order valence-electron chi connectivity index (χ2n) is 4.21. The van der Waals surface area contributed by atoms with Gasteiger partial charge in [0.25, 0.3) is 0 Å². The van der Waals surface area contributed by atoms with Crippen LogP contribution in [0.5, 0.6) is 0 Å². The summed E-state index contributed by atoms with van der Waals surface area (Å²) in [5.74, 6) is 1.76. The number of nitrogens with zero attached hydrogens (tertiary/aromatic N) is 1. The number of anilines is 1. The molecule has 2 rings (SSSR count). The summed E-state index contributed by atoms with van der Waals surface area (Å²) in [6, 6.07) is 0. The van der Waals surface area contributed by atoms with E-state index in [1.165, 1.54) is 12.8 Å². The molecule has 0 radical (unpaired) electrons. The first kappa shape index (κ1) is 8.60. The third-order valence-electron chi connectivity index (χ3n) is 2.59.